The fraction of sp³-hybridized carbons (Fsp3) is 0.214. The van der Waals surface area contributed by atoms with Crippen LogP contribution in [0.1, 0.15) is 5.56 Å². The highest BCUT2D eigenvalue weighted by molar-refractivity contribution is 7.71. The van der Waals surface area contributed by atoms with Gasteiger partial charge in [-0.25, -0.2) is 9.07 Å². The number of tetrazole rings is 1. The van der Waals surface area contributed by atoms with E-state index in [0.717, 1.165) is 6.54 Å². The molecular weight excluding hydrogens is 321 g/mol. The normalized spacial score (nSPS) is 11.2. The number of aromatic nitrogens is 4. The molecular formula is C14H14FN5S2. The molecule has 0 saturated carbocycles. The Hall–Kier alpha value is -1.90. The highest BCUT2D eigenvalue weighted by Gasteiger charge is 2.09. The van der Waals surface area contributed by atoms with Gasteiger partial charge in [-0.15, -0.1) is 0 Å². The molecule has 0 amide bonds. The number of hydrogen-bond acceptors (Lipinski definition) is 5. The smallest absolute Gasteiger partial charge is 0.221 e. The Morgan fingerprint density at radius 1 is 1.32 bits per heavy atom. The van der Waals surface area contributed by atoms with Gasteiger partial charge in [-0.05, 0) is 70.3 Å². The first-order valence-corrected chi connectivity index (χ1v) is 7.97. The van der Waals surface area contributed by atoms with E-state index >= 15 is 0 Å². The van der Waals surface area contributed by atoms with Crippen LogP contribution in [0.15, 0.2) is 41.1 Å². The van der Waals surface area contributed by atoms with Crippen LogP contribution in [-0.4, -0.2) is 31.7 Å². The molecule has 2 aromatic heterocycles. The number of rotatable bonds is 5. The average Bonchev–Trinajstić information content (AvgIpc) is 3.10. The number of thiophene rings is 1. The molecule has 3 rings (SSSR count). The highest BCUT2D eigenvalue weighted by atomic mass is 32.1. The SMILES string of the molecule is CN(Cc1ccsc1)Cn1nnn(-c2cccc(F)c2)c1=S. The van der Waals surface area contributed by atoms with Gasteiger partial charge in [-0.3, -0.25) is 4.90 Å². The minimum absolute atomic E-state index is 0.330. The monoisotopic (exact) mass is 335 g/mol. The second-order valence-corrected chi connectivity index (χ2v) is 6.09. The van der Waals surface area contributed by atoms with Gasteiger partial charge in [-0.1, -0.05) is 6.07 Å². The van der Waals surface area contributed by atoms with E-state index in [1.165, 1.54) is 22.4 Å². The van der Waals surface area contributed by atoms with Crippen LogP contribution in [0.2, 0.25) is 0 Å². The average molecular weight is 335 g/mol. The first-order chi connectivity index (χ1) is 10.6. The quantitative estimate of drug-likeness (QED) is 0.672. The maximum atomic E-state index is 13.3. The van der Waals surface area contributed by atoms with Gasteiger partial charge in [0.15, 0.2) is 0 Å². The predicted octanol–water partition coefficient (Wildman–Crippen LogP) is 3.09. The van der Waals surface area contributed by atoms with Gasteiger partial charge < -0.3 is 0 Å². The lowest BCUT2D eigenvalue weighted by molar-refractivity contribution is 0.242. The van der Waals surface area contributed by atoms with Gasteiger partial charge in [0.05, 0.1) is 12.4 Å². The zero-order valence-corrected chi connectivity index (χ0v) is 13.5. The number of benzene rings is 1. The third-order valence-electron chi connectivity index (χ3n) is 3.10. The van der Waals surface area contributed by atoms with E-state index < -0.39 is 0 Å². The van der Waals surface area contributed by atoms with E-state index in [-0.39, 0.29) is 5.82 Å². The summed E-state index contributed by atoms with van der Waals surface area (Å²) in [7, 11) is 1.99. The van der Waals surface area contributed by atoms with E-state index in [4.69, 9.17) is 12.2 Å². The molecule has 22 heavy (non-hydrogen) atoms. The fourth-order valence-electron chi connectivity index (χ4n) is 2.11. The first kappa shape index (κ1) is 15.0. The molecule has 8 heteroatoms. The highest BCUT2D eigenvalue weighted by Crippen LogP contribution is 2.11. The van der Waals surface area contributed by atoms with Crippen LogP contribution in [0.3, 0.4) is 0 Å². The summed E-state index contributed by atoms with van der Waals surface area (Å²) in [5.74, 6) is -0.330. The minimum Gasteiger partial charge on any atom is -0.283 e. The zero-order chi connectivity index (χ0) is 15.5. The summed E-state index contributed by atoms with van der Waals surface area (Å²) in [4.78, 5) is 2.09. The molecule has 0 atom stereocenters. The van der Waals surface area contributed by atoms with Gasteiger partial charge in [0.2, 0.25) is 4.77 Å². The van der Waals surface area contributed by atoms with Crippen LogP contribution in [0.4, 0.5) is 4.39 Å². The topological polar surface area (TPSA) is 38.9 Å². The Labute approximate surface area is 136 Å². The molecule has 5 nitrogen and oxygen atoms in total. The molecule has 0 spiro atoms. The lowest BCUT2D eigenvalue weighted by Gasteiger charge is -2.14. The van der Waals surface area contributed by atoms with E-state index in [1.807, 2.05) is 7.05 Å². The molecule has 0 fully saturated rings. The van der Waals surface area contributed by atoms with Crippen molar-refractivity contribution in [2.45, 2.75) is 13.2 Å². The van der Waals surface area contributed by atoms with Gasteiger partial charge >= 0.3 is 0 Å². The lowest BCUT2D eigenvalue weighted by Crippen LogP contribution is -2.22. The van der Waals surface area contributed by atoms with Crippen LogP contribution >= 0.6 is 23.6 Å². The molecule has 1 aromatic carbocycles. The molecule has 0 aliphatic carbocycles. The Morgan fingerprint density at radius 2 is 2.18 bits per heavy atom. The summed E-state index contributed by atoms with van der Waals surface area (Å²) in [5.41, 5.74) is 1.81. The van der Waals surface area contributed by atoms with Crippen molar-refractivity contribution in [1.82, 2.24) is 24.7 Å². The third-order valence-corrected chi connectivity index (χ3v) is 4.22. The van der Waals surface area contributed by atoms with Crippen molar-refractivity contribution in [3.8, 4) is 5.69 Å². The van der Waals surface area contributed by atoms with Crippen molar-refractivity contribution >= 4 is 23.6 Å². The van der Waals surface area contributed by atoms with E-state index in [9.17, 15) is 4.39 Å². The summed E-state index contributed by atoms with van der Waals surface area (Å²) in [6.45, 7) is 1.32. The molecule has 3 aromatic rings. The molecule has 0 unspecified atom stereocenters. The minimum atomic E-state index is -0.330. The van der Waals surface area contributed by atoms with Gasteiger partial charge in [-0.2, -0.15) is 16.0 Å². The largest absolute Gasteiger partial charge is 0.283 e. The molecule has 114 valence electrons. The Morgan fingerprint density at radius 3 is 2.91 bits per heavy atom. The Bertz CT molecular complexity index is 809. The molecule has 0 radical (unpaired) electrons. The lowest BCUT2D eigenvalue weighted by atomic mass is 10.3. The van der Waals surface area contributed by atoms with Crippen LogP contribution in [-0.2, 0) is 13.2 Å². The van der Waals surface area contributed by atoms with Gasteiger partial charge in [0, 0.05) is 6.54 Å². The number of nitrogens with zero attached hydrogens (tertiary/aromatic N) is 5. The standard InChI is InChI=1S/C14H14FN5S2/c1-18(8-11-5-6-22-9-11)10-19-14(21)20(17-16-19)13-4-2-3-12(15)7-13/h2-7,9H,8,10H2,1H3. The van der Waals surface area contributed by atoms with Crippen molar-refractivity contribution in [3.63, 3.8) is 0 Å². The summed E-state index contributed by atoms with van der Waals surface area (Å²) < 4.78 is 16.8. The summed E-state index contributed by atoms with van der Waals surface area (Å²) in [6.07, 6.45) is 0. The molecule has 0 N–H and O–H groups in total. The molecule has 2 heterocycles. The van der Waals surface area contributed by atoms with Crippen molar-refractivity contribution < 1.29 is 4.39 Å². The van der Waals surface area contributed by atoms with Gasteiger partial charge in [0.25, 0.3) is 0 Å². The van der Waals surface area contributed by atoms with E-state index in [1.54, 1.807) is 28.2 Å². The van der Waals surface area contributed by atoms with Crippen LogP contribution < -0.4 is 0 Å². The summed E-state index contributed by atoms with van der Waals surface area (Å²) in [6, 6.07) is 8.21. The Balaban J connectivity index is 1.77. The second kappa shape index (κ2) is 6.47. The summed E-state index contributed by atoms with van der Waals surface area (Å²) in [5, 5.41) is 12.2. The van der Waals surface area contributed by atoms with Crippen LogP contribution in [0.25, 0.3) is 5.69 Å². The van der Waals surface area contributed by atoms with E-state index in [2.05, 4.69) is 32.2 Å². The second-order valence-electron chi connectivity index (χ2n) is 4.94. The predicted molar refractivity (Wildman–Crippen MR) is 85.9 cm³/mol. The van der Waals surface area contributed by atoms with Crippen molar-refractivity contribution in [2.24, 2.45) is 0 Å². The van der Waals surface area contributed by atoms with Crippen molar-refractivity contribution in [1.29, 1.82) is 0 Å². The van der Waals surface area contributed by atoms with Gasteiger partial charge in [0.1, 0.15) is 5.82 Å². The maximum Gasteiger partial charge on any atom is 0.221 e. The molecule has 0 bridgehead atoms. The summed E-state index contributed by atoms with van der Waals surface area (Å²) >= 11 is 7.04. The fourth-order valence-corrected chi connectivity index (χ4v) is 3.00. The molecule has 0 saturated heterocycles. The maximum absolute atomic E-state index is 13.3. The first-order valence-electron chi connectivity index (χ1n) is 6.62. The molecule has 0 aliphatic rings. The third kappa shape index (κ3) is 3.29. The van der Waals surface area contributed by atoms with Crippen LogP contribution in [0, 0.1) is 10.6 Å². The number of hydrogen-bond donors (Lipinski definition) is 0. The van der Waals surface area contributed by atoms with Crippen LogP contribution in [0.5, 0.6) is 0 Å². The van der Waals surface area contributed by atoms with E-state index in [0.29, 0.717) is 17.1 Å². The Kier molecular flexibility index (Phi) is 4.41. The van der Waals surface area contributed by atoms with Crippen molar-refractivity contribution in [2.75, 3.05) is 7.05 Å². The zero-order valence-electron chi connectivity index (χ0n) is 11.9. The molecule has 0 aliphatic heterocycles. The van der Waals surface area contributed by atoms with Crippen molar-refractivity contribution in [3.05, 3.63) is 57.2 Å². The number of halogens is 1.